The molecular formula is C14H10Br2N2O4. The Balaban J connectivity index is 2.26. The Bertz CT molecular complexity index is 754. The fraction of sp³-hybridized carbons (Fsp3) is 0.0714. The number of phenolic OH excluding ortho intramolecular Hbond substituents is 1. The average molecular weight is 430 g/mol. The van der Waals surface area contributed by atoms with Crippen molar-refractivity contribution in [2.24, 2.45) is 0 Å². The molecule has 0 aliphatic heterocycles. The molecule has 0 bridgehead atoms. The van der Waals surface area contributed by atoms with Crippen LogP contribution in [0, 0.1) is 17.0 Å². The van der Waals surface area contributed by atoms with E-state index >= 15 is 0 Å². The summed E-state index contributed by atoms with van der Waals surface area (Å²) in [6, 6.07) is 7.25. The van der Waals surface area contributed by atoms with Gasteiger partial charge in [0, 0.05) is 22.9 Å². The lowest BCUT2D eigenvalue weighted by Crippen LogP contribution is -2.12. The maximum absolute atomic E-state index is 12.2. The van der Waals surface area contributed by atoms with Crippen molar-refractivity contribution in [1.82, 2.24) is 0 Å². The van der Waals surface area contributed by atoms with Crippen LogP contribution in [-0.2, 0) is 0 Å². The van der Waals surface area contributed by atoms with Gasteiger partial charge in [-0.15, -0.1) is 0 Å². The van der Waals surface area contributed by atoms with E-state index in [0.29, 0.717) is 25.8 Å². The Morgan fingerprint density at radius 3 is 2.32 bits per heavy atom. The summed E-state index contributed by atoms with van der Waals surface area (Å²) in [5, 5.41) is 23.1. The molecule has 2 N–H and O–H groups in total. The van der Waals surface area contributed by atoms with E-state index in [-0.39, 0.29) is 11.4 Å². The van der Waals surface area contributed by atoms with Crippen molar-refractivity contribution >= 4 is 49.1 Å². The van der Waals surface area contributed by atoms with Crippen LogP contribution in [0.15, 0.2) is 39.3 Å². The highest BCUT2D eigenvalue weighted by Crippen LogP contribution is 2.35. The SMILES string of the molecule is Cc1cc(C(=O)Nc2cc(Br)c(O)c(Br)c2)ccc1[N+](=O)[O-]. The summed E-state index contributed by atoms with van der Waals surface area (Å²) >= 11 is 6.35. The summed E-state index contributed by atoms with van der Waals surface area (Å²) in [6.45, 7) is 1.57. The lowest BCUT2D eigenvalue weighted by atomic mass is 10.1. The second-order valence-electron chi connectivity index (χ2n) is 4.50. The molecule has 8 heteroatoms. The molecule has 0 aromatic heterocycles. The molecule has 2 rings (SSSR count). The van der Waals surface area contributed by atoms with Gasteiger partial charge in [-0.2, -0.15) is 0 Å². The molecular weight excluding hydrogens is 420 g/mol. The van der Waals surface area contributed by atoms with Gasteiger partial charge in [-0.25, -0.2) is 0 Å². The smallest absolute Gasteiger partial charge is 0.272 e. The maximum Gasteiger partial charge on any atom is 0.272 e. The maximum atomic E-state index is 12.2. The molecule has 0 aliphatic carbocycles. The molecule has 2 aromatic rings. The van der Waals surface area contributed by atoms with Crippen LogP contribution in [0.4, 0.5) is 11.4 Å². The number of benzene rings is 2. The van der Waals surface area contributed by atoms with Gasteiger partial charge in [-0.3, -0.25) is 14.9 Å². The number of halogens is 2. The molecule has 0 atom stereocenters. The number of rotatable bonds is 3. The number of aryl methyl sites for hydroxylation is 1. The van der Waals surface area contributed by atoms with Crippen LogP contribution in [-0.4, -0.2) is 15.9 Å². The highest BCUT2D eigenvalue weighted by atomic mass is 79.9. The molecule has 0 radical (unpaired) electrons. The van der Waals surface area contributed by atoms with Crippen molar-refractivity contribution in [2.45, 2.75) is 6.92 Å². The molecule has 0 heterocycles. The van der Waals surface area contributed by atoms with E-state index in [0.717, 1.165) is 0 Å². The van der Waals surface area contributed by atoms with Crippen molar-refractivity contribution in [1.29, 1.82) is 0 Å². The normalized spacial score (nSPS) is 10.3. The minimum Gasteiger partial charge on any atom is -0.506 e. The van der Waals surface area contributed by atoms with Crippen LogP contribution < -0.4 is 5.32 Å². The number of amides is 1. The molecule has 22 heavy (non-hydrogen) atoms. The third-order valence-electron chi connectivity index (χ3n) is 2.93. The van der Waals surface area contributed by atoms with E-state index in [9.17, 15) is 20.0 Å². The quantitative estimate of drug-likeness (QED) is 0.430. The number of carbonyl (C=O) groups is 1. The zero-order valence-electron chi connectivity index (χ0n) is 11.3. The van der Waals surface area contributed by atoms with E-state index in [1.807, 2.05) is 0 Å². The zero-order valence-corrected chi connectivity index (χ0v) is 14.4. The Morgan fingerprint density at radius 2 is 1.82 bits per heavy atom. The molecule has 0 spiro atoms. The number of nitro benzene ring substituents is 1. The van der Waals surface area contributed by atoms with Crippen molar-refractivity contribution < 1.29 is 14.8 Å². The van der Waals surface area contributed by atoms with E-state index < -0.39 is 10.8 Å². The van der Waals surface area contributed by atoms with Gasteiger partial charge in [0.15, 0.2) is 0 Å². The second-order valence-corrected chi connectivity index (χ2v) is 6.21. The third kappa shape index (κ3) is 3.45. The van der Waals surface area contributed by atoms with E-state index in [1.165, 1.54) is 18.2 Å². The lowest BCUT2D eigenvalue weighted by molar-refractivity contribution is -0.385. The topological polar surface area (TPSA) is 92.5 Å². The van der Waals surface area contributed by atoms with Crippen LogP contribution in [0.2, 0.25) is 0 Å². The van der Waals surface area contributed by atoms with Crippen LogP contribution in [0.3, 0.4) is 0 Å². The number of nitrogens with zero attached hydrogens (tertiary/aromatic N) is 1. The first-order chi connectivity index (χ1) is 10.3. The van der Waals surface area contributed by atoms with Crippen LogP contribution >= 0.6 is 31.9 Å². The Kier molecular flexibility index (Phi) is 4.82. The Hall–Kier alpha value is -1.93. The molecule has 0 saturated heterocycles. The highest BCUT2D eigenvalue weighted by molar-refractivity contribution is 9.11. The molecule has 114 valence electrons. The predicted octanol–water partition coefficient (Wildman–Crippen LogP) is 4.39. The molecule has 0 fully saturated rings. The summed E-state index contributed by atoms with van der Waals surface area (Å²) in [7, 11) is 0. The average Bonchev–Trinajstić information content (AvgIpc) is 2.44. The van der Waals surface area contributed by atoms with E-state index in [1.54, 1.807) is 19.1 Å². The molecule has 6 nitrogen and oxygen atoms in total. The number of hydrogen-bond acceptors (Lipinski definition) is 4. The summed E-state index contributed by atoms with van der Waals surface area (Å²) in [5.41, 5.74) is 1.15. The molecule has 0 unspecified atom stereocenters. The largest absolute Gasteiger partial charge is 0.506 e. The minimum absolute atomic E-state index is 0.0316. The van der Waals surface area contributed by atoms with E-state index in [4.69, 9.17) is 0 Å². The first kappa shape index (κ1) is 16.4. The van der Waals surface area contributed by atoms with Crippen molar-refractivity contribution in [3.63, 3.8) is 0 Å². The summed E-state index contributed by atoms with van der Waals surface area (Å²) in [6.07, 6.45) is 0. The molecule has 2 aromatic carbocycles. The van der Waals surface area contributed by atoms with Gasteiger partial charge in [0.1, 0.15) is 5.75 Å². The Labute approximate surface area is 142 Å². The highest BCUT2D eigenvalue weighted by Gasteiger charge is 2.15. The van der Waals surface area contributed by atoms with Gasteiger partial charge in [0.05, 0.1) is 13.9 Å². The number of anilines is 1. The van der Waals surface area contributed by atoms with Gasteiger partial charge in [-0.05, 0) is 63.0 Å². The standard InChI is InChI=1S/C14H10Br2N2O4/c1-7-4-8(2-3-12(7)18(21)22)14(20)17-9-5-10(15)13(19)11(16)6-9/h2-6,19H,1H3,(H,17,20). The summed E-state index contributed by atoms with van der Waals surface area (Å²) < 4.78 is 0.856. The van der Waals surface area contributed by atoms with Gasteiger partial charge < -0.3 is 10.4 Å². The summed E-state index contributed by atoms with van der Waals surface area (Å²) in [4.78, 5) is 22.5. The number of phenols is 1. The van der Waals surface area contributed by atoms with Gasteiger partial charge in [0.25, 0.3) is 11.6 Å². The number of carbonyl (C=O) groups excluding carboxylic acids is 1. The predicted molar refractivity (Wildman–Crippen MR) is 89.3 cm³/mol. The van der Waals surface area contributed by atoms with Gasteiger partial charge in [-0.1, -0.05) is 0 Å². The zero-order chi connectivity index (χ0) is 16.4. The van der Waals surface area contributed by atoms with E-state index in [2.05, 4.69) is 37.2 Å². The second kappa shape index (κ2) is 6.45. The fourth-order valence-corrected chi connectivity index (χ4v) is 3.03. The molecule has 0 saturated carbocycles. The minimum atomic E-state index is -0.495. The third-order valence-corrected chi connectivity index (χ3v) is 4.14. The number of aromatic hydroxyl groups is 1. The summed E-state index contributed by atoms with van der Waals surface area (Å²) in [5.74, 6) is -0.369. The number of nitrogens with one attached hydrogen (secondary N) is 1. The van der Waals surface area contributed by atoms with Crippen LogP contribution in [0.1, 0.15) is 15.9 Å². The molecule has 0 aliphatic rings. The first-order valence-electron chi connectivity index (χ1n) is 6.04. The number of nitro groups is 1. The monoisotopic (exact) mass is 428 g/mol. The van der Waals surface area contributed by atoms with Gasteiger partial charge in [0.2, 0.25) is 0 Å². The number of hydrogen-bond donors (Lipinski definition) is 2. The first-order valence-corrected chi connectivity index (χ1v) is 7.62. The van der Waals surface area contributed by atoms with Crippen molar-refractivity contribution in [2.75, 3.05) is 5.32 Å². The van der Waals surface area contributed by atoms with Crippen molar-refractivity contribution in [3.8, 4) is 5.75 Å². The van der Waals surface area contributed by atoms with Gasteiger partial charge >= 0.3 is 0 Å². The molecule has 1 amide bonds. The fourth-order valence-electron chi connectivity index (χ4n) is 1.84. The van der Waals surface area contributed by atoms with Crippen LogP contribution in [0.25, 0.3) is 0 Å². The lowest BCUT2D eigenvalue weighted by Gasteiger charge is -2.09. The van der Waals surface area contributed by atoms with Crippen molar-refractivity contribution in [3.05, 3.63) is 60.5 Å². The van der Waals surface area contributed by atoms with Crippen LogP contribution in [0.5, 0.6) is 5.75 Å². The Morgan fingerprint density at radius 1 is 1.23 bits per heavy atom.